The summed E-state index contributed by atoms with van der Waals surface area (Å²) in [6, 6.07) is 7.44. The molecule has 0 spiro atoms. The van der Waals surface area contributed by atoms with Gasteiger partial charge >= 0.3 is 0 Å². The van der Waals surface area contributed by atoms with Crippen molar-refractivity contribution in [1.29, 1.82) is 0 Å². The normalized spacial score (nSPS) is 10.9. The summed E-state index contributed by atoms with van der Waals surface area (Å²) in [5, 5.41) is 3.97. The molecule has 0 aliphatic carbocycles. The zero-order valence-corrected chi connectivity index (χ0v) is 11.0. The fraction of sp³-hybridized carbons (Fsp3) is 0.214. The Bertz CT molecular complexity index is 717. The number of nitrogens with zero attached hydrogens (tertiary/aromatic N) is 3. The van der Waals surface area contributed by atoms with Crippen LogP contribution >= 0.6 is 0 Å². The van der Waals surface area contributed by atoms with Gasteiger partial charge in [0, 0.05) is 6.20 Å². The molecule has 2 N–H and O–H groups in total. The molecule has 0 aliphatic rings. The SMILES string of the molecule is CCc1cccnc1-c1noc(-c2ccc(CN)o2)n1. The van der Waals surface area contributed by atoms with Crippen LogP contribution in [-0.2, 0) is 13.0 Å². The molecule has 0 radical (unpaired) electrons. The third-order valence-electron chi connectivity index (χ3n) is 2.98. The fourth-order valence-corrected chi connectivity index (χ4v) is 1.95. The third-order valence-corrected chi connectivity index (χ3v) is 2.98. The van der Waals surface area contributed by atoms with E-state index in [1.165, 1.54) is 0 Å². The number of nitrogens with two attached hydrogens (primary N) is 1. The average molecular weight is 270 g/mol. The molecule has 0 amide bonds. The van der Waals surface area contributed by atoms with Crippen LogP contribution in [0.5, 0.6) is 0 Å². The molecule has 0 bridgehead atoms. The number of aromatic nitrogens is 3. The van der Waals surface area contributed by atoms with Gasteiger partial charge < -0.3 is 14.7 Å². The molecule has 6 heteroatoms. The number of pyridine rings is 1. The molecule has 0 aromatic carbocycles. The number of aryl methyl sites for hydroxylation is 1. The lowest BCUT2D eigenvalue weighted by Gasteiger charge is -2.00. The fourth-order valence-electron chi connectivity index (χ4n) is 1.95. The van der Waals surface area contributed by atoms with E-state index in [-0.39, 0.29) is 0 Å². The zero-order chi connectivity index (χ0) is 13.9. The predicted octanol–water partition coefficient (Wildman–Crippen LogP) is 2.41. The second-order valence-electron chi connectivity index (χ2n) is 4.26. The Morgan fingerprint density at radius 2 is 2.15 bits per heavy atom. The standard InChI is InChI=1S/C14H14N4O2/c1-2-9-4-3-7-16-12(9)13-17-14(20-18-13)11-6-5-10(8-15)19-11/h3-7H,2,8,15H2,1H3. The van der Waals surface area contributed by atoms with Gasteiger partial charge in [-0.05, 0) is 30.2 Å². The minimum Gasteiger partial charge on any atom is -0.455 e. The summed E-state index contributed by atoms with van der Waals surface area (Å²) in [6.07, 6.45) is 2.56. The summed E-state index contributed by atoms with van der Waals surface area (Å²) in [5.74, 6) is 1.97. The van der Waals surface area contributed by atoms with Crippen molar-refractivity contribution in [2.45, 2.75) is 19.9 Å². The molecular weight excluding hydrogens is 256 g/mol. The highest BCUT2D eigenvalue weighted by Crippen LogP contribution is 2.24. The van der Waals surface area contributed by atoms with E-state index < -0.39 is 0 Å². The molecule has 0 saturated carbocycles. The van der Waals surface area contributed by atoms with Crippen LogP contribution < -0.4 is 5.73 Å². The summed E-state index contributed by atoms with van der Waals surface area (Å²) in [6.45, 7) is 2.39. The molecule has 0 saturated heterocycles. The van der Waals surface area contributed by atoms with Crippen LogP contribution in [0.15, 0.2) is 39.4 Å². The first-order valence-electron chi connectivity index (χ1n) is 6.39. The van der Waals surface area contributed by atoms with Crippen LogP contribution in [0.1, 0.15) is 18.2 Å². The Hall–Kier alpha value is -2.47. The highest BCUT2D eigenvalue weighted by Gasteiger charge is 2.16. The van der Waals surface area contributed by atoms with Crippen LogP contribution in [0, 0.1) is 0 Å². The van der Waals surface area contributed by atoms with Crippen molar-refractivity contribution in [3.05, 3.63) is 41.8 Å². The maximum atomic E-state index is 5.50. The van der Waals surface area contributed by atoms with E-state index in [9.17, 15) is 0 Å². The van der Waals surface area contributed by atoms with Crippen molar-refractivity contribution >= 4 is 0 Å². The molecule has 3 heterocycles. The number of hydrogen-bond acceptors (Lipinski definition) is 6. The number of rotatable bonds is 4. The van der Waals surface area contributed by atoms with Crippen molar-refractivity contribution in [3.8, 4) is 23.2 Å². The molecule has 6 nitrogen and oxygen atoms in total. The lowest BCUT2D eigenvalue weighted by molar-refractivity contribution is 0.412. The predicted molar refractivity (Wildman–Crippen MR) is 72.5 cm³/mol. The summed E-state index contributed by atoms with van der Waals surface area (Å²) in [4.78, 5) is 8.64. The number of furan rings is 1. The molecular formula is C14H14N4O2. The smallest absolute Gasteiger partial charge is 0.293 e. The van der Waals surface area contributed by atoms with Gasteiger partial charge in [-0.3, -0.25) is 4.98 Å². The largest absolute Gasteiger partial charge is 0.455 e. The van der Waals surface area contributed by atoms with Crippen LogP contribution in [0.4, 0.5) is 0 Å². The Kier molecular flexibility index (Phi) is 3.30. The lowest BCUT2D eigenvalue weighted by atomic mass is 10.1. The average Bonchev–Trinajstić information content (AvgIpc) is 3.15. The van der Waals surface area contributed by atoms with E-state index in [0.717, 1.165) is 17.7 Å². The second kappa shape index (κ2) is 5.26. The highest BCUT2D eigenvalue weighted by molar-refractivity contribution is 5.57. The van der Waals surface area contributed by atoms with E-state index in [1.54, 1.807) is 18.3 Å². The first-order chi connectivity index (χ1) is 9.81. The van der Waals surface area contributed by atoms with Crippen molar-refractivity contribution in [1.82, 2.24) is 15.1 Å². The van der Waals surface area contributed by atoms with E-state index in [1.807, 2.05) is 12.1 Å². The molecule has 0 aliphatic heterocycles. The Balaban J connectivity index is 1.97. The zero-order valence-electron chi connectivity index (χ0n) is 11.0. The van der Waals surface area contributed by atoms with Crippen LogP contribution in [0.2, 0.25) is 0 Å². The van der Waals surface area contributed by atoms with Gasteiger partial charge in [-0.15, -0.1) is 0 Å². The van der Waals surface area contributed by atoms with E-state index >= 15 is 0 Å². The van der Waals surface area contributed by atoms with Crippen molar-refractivity contribution in [3.63, 3.8) is 0 Å². The van der Waals surface area contributed by atoms with Gasteiger partial charge in [0.25, 0.3) is 5.89 Å². The molecule has 3 aromatic rings. The van der Waals surface area contributed by atoms with E-state index in [2.05, 4.69) is 22.0 Å². The Labute approximate surface area is 115 Å². The first kappa shape index (κ1) is 12.6. The summed E-state index contributed by atoms with van der Waals surface area (Å²) < 4.78 is 10.7. The molecule has 0 fully saturated rings. The molecule has 102 valence electrons. The van der Waals surface area contributed by atoms with Crippen LogP contribution in [-0.4, -0.2) is 15.1 Å². The van der Waals surface area contributed by atoms with Gasteiger partial charge in [-0.2, -0.15) is 4.98 Å². The topological polar surface area (TPSA) is 91.0 Å². The van der Waals surface area contributed by atoms with Gasteiger partial charge in [0.15, 0.2) is 5.76 Å². The summed E-state index contributed by atoms with van der Waals surface area (Å²) in [7, 11) is 0. The second-order valence-corrected chi connectivity index (χ2v) is 4.26. The lowest BCUT2D eigenvalue weighted by Crippen LogP contribution is -1.93. The summed E-state index contributed by atoms with van der Waals surface area (Å²) in [5.41, 5.74) is 7.31. The Morgan fingerprint density at radius 3 is 2.90 bits per heavy atom. The highest BCUT2D eigenvalue weighted by atomic mass is 16.5. The molecule has 0 unspecified atom stereocenters. The molecule has 0 atom stereocenters. The Morgan fingerprint density at radius 1 is 1.25 bits per heavy atom. The van der Waals surface area contributed by atoms with E-state index in [4.69, 9.17) is 14.7 Å². The third kappa shape index (κ3) is 2.21. The van der Waals surface area contributed by atoms with Gasteiger partial charge in [0.1, 0.15) is 11.5 Å². The van der Waals surface area contributed by atoms with E-state index in [0.29, 0.717) is 29.8 Å². The van der Waals surface area contributed by atoms with Gasteiger partial charge in [0.05, 0.1) is 6.54 Å². The van der Waals surface area contributed by atoms with Gasteiger partial charge in [-0.25, -0.2) is 0 Å². The monoisotopic (exact) mass is 270 g/mol. The molecule has 3 aromatic heterocycles. The van der Waals surface area contributed by atoms with Crippen LogP contribution in [0.25, 0.3) is 23.2 Å². The van der Waals surface area contributed by atoms with Gasteiger partial charge in [0.2, 0.25) is 5.82 Å². The van der Waals surface area contributed by atoms with Crippen molar-refractivity contribution in [2.24, 2.45) is 5.73 Å². The van der Waals surface area contributed by atoms with Gasteiger partial charge in [-0.1, -0.05) is 18.1 Å². The number of hydrogen-bond donors (Lipinski definition) is 1. The first-order valence-corrected chi connectivity index (χ1v) is 6.39. The molecule has 20 heavy (non-hydrogen) atoms. The summed E-state index contributed by atoms with van der Waals surface area (Å²) >= 11 is 0. The minimum absolute atomic E-state index is 0.326. The van der Waals surface area contributed by atoms with Crippen molar-refractivity contribution in [2.75, 3.05) is 0 Å². The van der Waals surface area contributed by atoms with Crippen molar-refractivity contribution < 1.29 is 8.94 Å². The minimum atomic E-state index is 0.326. The molecule has 3 rings (SSSR count). The van der Waals surface area contributed by atoms with Crippen LogP contribution in [0.3, 0.4) is 0 Å². The quantitative estimate of drug-likeness (QED) is 0.782. The maximum Gasteiger partial charge on any atom is 0.293 e. The maximum absolute atomic E-state index is 5.50.